The number of benzene rings is 3. The van der Waals surface area contributed by atoms with E-state index in [-0.39, 0.29) is 23.6 Å². The van der Waals surface area contributed by atoms with E-state index in [9.17, 15) is 9.59 Å². The van der Waals surface area contributed by atoms with Gasteiger partial charge in [0.1, 0.15) is 11.4 Å². The summed E-state index contributed by atoms with van der Waals surface area (Å²) in [6.45, 7) is 5.94. The number of carbonyl (C=O) groups is 2. The molecule has 1 heterocycles. The molecule has 0 saturated heterocycles. The molecule has 3 aromatic carbocycles. The lowest BCUT2D eigenvalue weighted by molar-refractivity contribution is -0.119. The molecule has 1 atom stereocenters. The van der Waals surface area contributed by atoms with Crippen molar-refractivity contribution in [1.29, 1.82) is 0 Å². The molecular weight excluding hydrogens is 470 g/mol. The number of nitrogens with zero attached hydrogens (tertiary/aromatic N) is 2. The van der Waals surface area contributed by atoms with E-state index in [1.165, 1.54) is 11.8 Å². The molecule has 4 rings (SSSR count). The molecule has 6 nitrogen and oxygen atoms in total. The molecule has 0 spiro atoms. The second-order valence-corrected chi connectivity index (χ2v) is 9.61. The number of aryl methyl sites for hydroxylation is 2. The number of methoxy groups -OCH3 is 1. The number of rotatable bonds is 7. The third-order valence-corrected chi connectivity index (χ3v) is 6.66. The van der Waals surface area contributed by atoms with Gasteiger partial charge in [0.2, 0.25) is 5.91 Å². The van der Waals surface area contributed by atoms with Crippen LogP contribution in [0.25, 0.3) is 6.08 Å². The van der Waals surface area contributed by atoms with Crippen molar-refractivity contribution in [1.82, 2.24) is 5.32 Å². The van der Waals surface area contributed by atoms with E-state index >= 15 is 0 Å². The fraction of sp³-hybridized carbons (Fsp3) is 0.207. The Morgan fingerprint density at radius 1 is 1.06 bits per heavy atom. The molecule has 0 aromatic heterocycles. The van der Waals surface area contributed by atoms with Gasteiger partial charge in [-0.05, 0) is 73.4 Å². The van der Waals surface area contributed by atoms with E-state index in [1.54, 1.807) is 18.1 Å². The van der Waals surface area contributed by atoms with Crippen LogP contribution in [-0.2, 0) is 9.59 Å². The van der Waals surface area contributed by atoms with Crippen LogP contribution in [0.2, 0.25) is 0 Å². The SMILES string of the molecule is COc1ccc(/C=C2\N=C(SCC(=O)NC(C)c3ccccc3)N(c3cc(C)cc(C)c3)C2=O)cc1. The van der Waals surface area contributed by atoms with Crippen LogP contribution < -0.4 is 15.0 Å². The first-order valence-corrected chi connectivity index (χ1v) is 12.7. The highest BCUT2D eigenvalue weighted by Crippen LogP contribution is 2.31. The van der Waals surface area contributed by atoms with Crippen molar-refractivity contribution < 1.29 is 14.3 Å². The third-order valence-electron chi connectivity index (χ3n) is 5.72. The maximum atomic E-state index is 13.5. The summed E-state index contributed by atoms with van der Waals surface area (Å²) in [6.07, 6.45) is 1.75. The molecule has 0 saturated carbocycles. The molecule has 1 N–H and O–H groups in total. The number of aliphatic imine (C=N–C) groups is 1. The Morgan fingerprint density at radius 3 is 2.36 bits per heavy atom. The Labute approximate surface area is 216 Å². The molecule has 2 amide bonds. The minimum Gasteiger partial charge on any atom is -0.497 e. The molecule has 36 heavy (non-hydrogen) atoms. The minimum atomic E-state index is -0.226. The number of hydrogen-bond acceptors (Lipinski definition) is 5. The second-order valence-electron chi connectivity index (χ2n) is 8.67. The topological polar surface area (TPSA) is 71.0 Å². The minimum absolute atomic E-state index is 0.118. The number of ether oxygens (including phenoxy) is 1. The third kappa shape index (κ3) is 6.04. The predicted octanol–water partition coefficient (Wildman–Crippen LogP) is 5.67. The number of amides is 2. The summed E-state index contributed by atoms with van der Waals surface area (Å²) < 4.78 is 5.22. The van der Waals surface area contributed by atoms with Crippen molar-refractivity contribution in [3.63, 3.8) is 0 Å². The Kier molecular flexibility index (Phi) is 7.90. The number of hydrogen-bond donors (Lipinski definition) is 1. The van der Waals surface area contributed by atoms with Gasteiger partial charge < -0.3 is 10.1 Å². The molecule has 1 aliphatic heterocycles. The van der Waals surface area contributed by atoms with Crippen molar-refractivity contribution in [2.45, 2.75) is 26.8 Å². The first kappa shape index (κ1) is 25.3. The maximum Gasteiger partial charge on any atom is 0.283 e. The molecule has 0 fully saturated rings. The summed E-state index contributed by atoms with van der Waals surface area (Å²) >= 11 is 1.25. The van der Waals surface area contributed by atoms with E-state index in [2.05, 4.69) is 16.4 Å². The van der Waals surface area contributed by atoms with E-state index < -0.39 is 0 Å². The Hall–Kier alpha value is -3.84. The summed E-state index contributed by atoms with van der Waals surface area (Å²) in [5.74, 6) is 0.526. The highest BCUT2D eigenvalue weighted by atomic mass is 32.2. The number of anilines is 1. The number of thioether (sulfide) groups is 1. The van der Waals surface area contributed by atoms with Crippen LogP contribution >= 0.6 is 11.8 Å². The van der Waals surface area contributed by atoms with Crippen LogP contribution in [0.4, 0.5) is 5.69 Å². The number of amidine groups is 1. The smallest absolute Gasteiger partial charge is 0.283 e. The lowest BCUT2D eigenvalue weighted by atomic mass is 10.1. The first-order chi connectivity index (χ1) is 17.3. The predicted molar refractivity (Wildman–Crippen MR) is 147 cm³/mol. The zero-order valence-electron chi connectivity index (χ0n) is 20.8. The highest BCUT2D eigenvalue weighted by molar-refractivity contribution is 8.14. The second kappa shape index (κ2) is 11.3. The van der Waals surface area contributed by atoms with Gasteiger partial charge >= 0.3 is 0 Å². The van der Waals surface area contributed by atoms with Crippen molar-refractivity contribution in [3.8, 4) is 5.75 Å². The van der Waals surface area contributed by atoms with Crippen LogP contribution in [-0.4, -0.2) is 29.8 Å². The summed E-state index contributed by atoms with van der Waals surface area (Å²) in [6, 6.07) is 23.1. The lowest BCUT2D eigenvalue weighted by Gasteiger charge is -2.19. The summed E-state index contributed by atoms with van der Waals surface area (Å²) in [5, 5.41) is 3.50. The Morgan fingerprint density at radius 2 is 1.72 bits per heavy atom. The molecule has 0 bridgehead atoms. The van der Waals surface area contributed by atoms with Gasteiger partial charge in [0, 0.05) is 0 Å². The highest BCUT2D eigenvalue weighted by Gasteiger charge is 2.32. The van der Waals surface area contributed by atoms with Crippen LogP contribution in [0.1, 0.15) is 35.2 Å². The molecule has 1 aliphatic rings. The van der Waals surface area contributed by atoms with Gasteiger partial charge in [-0.2, -0.15) is 0 Å². The van der Waals surface area contributed by atoms with Gasteiger partial charge in [0.05, 0.1) is 24.6 Å². The van der Waals surface area contributed by atoms with Crippen LogP contribution in [0.15, 0.2) is 83.5 Å². The van der Waals surface area contributed by atoms with Crippen molar-refractivity contribution in [2.24, 2.45) is 4.99 Å². The Bertz CT molecular complexity index is 1300. The van der Waals surface area contributed by atoms with Crippen molar-refractivity contribution in [3.05, 3.63) is 101 Å². The molecule has 0 aliphatic carbocycles. The van der Waals surface area contributed by atoms with E-state index in [0.29, 0.717) is 10.9 Å². The summed E-state index contributed by atoms with van der Waals surface area (Å²) in [5.41, 5.74) is 5.02. The van der Waals surface area contributed by atoms with Gasteiger partial charge in [0.15, 0.2) is 5.17 Å². The van der Waals surface area contributed by atoms with Gasteiger partial charge in [-0.3, -0.25) is 14.5 Å². The normalized spacial score (nSPS) is 15.1. The molecule has 184 valence electrons. The van der Waals surface area contributed by atoms with Crippen LogP contribution in [0, 0.1) is 13.8 Å². The average molecular weight is 500 g/mol. The van der Waals surface area contributed by atoms with Gasteiger partial charge in [-0.15, -0.1) is 0 Å². The summed E-state index contributed by atoms with van der Waals surface area (Å²) in [7, 11) is 1.61. The largest absolute Gasteiger partial charge is 0.497 e. The summed E-state index contributed by atoms with van der Waals surface area (Å²) in [4.78, 5) is 32.4. The molecule has 0 radical (unpaired) electrons. The van der Waals surface area contributed by atoms with Gasteiger partial charge in [-0.1, -0.05) is 60.3 Å². The first-order valence-electron chi connectivity index (χ1n) is 11.7. The quantitative estimate of drug-likeness (QED) is 0.426. The molecular formula is C29H29N3O3S. The number of nitrogens with one attached hydrogen (secondary N) is 1. The average Bonchev–Trinajstić information content (AvgIpc) is 3.17. The zero-order chi connectivity index (χ0) is 25.7. The number of carbonyl (C=O) groups excluding carboxylic acids is 2. The zero-order valence-corrected chi connectivity index (χ0v) is 21.6. The van der Waals surface area contributed by atoms with Crippen LogP contribution in [0.3, 0.4) is 0 Å². The van der Waals surface area contributed by atoms with E-state index in [0.717, 1.165) is 33.7 Å². The monoisotopic (exact) mass is 499 g/mol. The van der Waals surface area contributed by atoms with Gasteiger partial charge in [0.25, 0.3) is 5.91 Å². The molecule has 1 unspecified atom stereocenters. The van der Waals surface area contributed by atoms with Gasteiger partial charge in [-0.25, -0.2) is 4.99 Å². The molecule has 7 heteroatoms. The lowest BCUT2D eigenvalue weighted by Crippen LogP contribution is -2.33. The Balaban J connectivity index is 1.57. The van der Waals surface area contributed by atoms with E-state index in [1.807, 2.05) is 87.5 Å². The van der Waals surface area contributed by atoms with E-state index in [4.69, 9.17) is 4.74 Å². The maximum absolute atomic E-state index is 13.5. The standard InChI is InChI=1S/C29H29N3O3S/c1-19-14-20(2)16-24(15-19)32-28(34)26(17-22-10-12-25(35-4)13-11-22)31-29(32)36-18-27(33)30-21(3)23-8-6-5-7-9-23/h5-17,21H,18H2,1-4H3,(H,30,33)/b26-17-. The van der Waals surface area contributed by atoms with Crippen molar-refractivity contribution >= 4 is 40.5 Å². The van der Waals surface area contributed by atoms with Crippen molar-refractivity contribution in [2.75, 3.05) is 17.8 Å². The fourth-order valence-corrected chi connectivity index (χ4v) is 4.82. The van der Waals surface area contributed by atoms with Crippen LogP contribution in [0.5, 0.6) is 5.75 Å². The molecule has 3 aromatic rings. The fourth-order valence-electron chi connectivity index (χ4n) is 4.00.